The highest BCUT2D eigenvalue weighted by atomic mass is 35.5. The molecule has 90 valence electrons. The molecule has 16 heavy (non-hydrogen) atoms. The minimum Gasteiger partial charge on any atom is -0.406 e. The van der Waals surface area contributed by atoms with Crippen LogP contribution in [0.4, 0.5) is 6.01 Å². The highest BCUT2D eigenvalue weighted by molar-refractivity contribution is 6.20. The van der Waals surface area contributed by atoms with Crippen molar-refractivity contribution in [3.05, 3.63) is 5.89 Å². The third-order valence-electron chi connectivity index (χ3n) is 3.10. The summed E-state index contributed by atoms with van der Waals surface area (Å²) in [5.74, 6) is 1.27. The Hall–Kier alpha value is -0.770. The number of alkyl halides is 1. The van der Waals surface area contributed by atoms with E-state index < -0.39 is 0 Å². The Kier molecular flexibility index (Phi) is 3.69. The van der Waals surface area contributed by atoms with E-state index in [1.807, 2.05) is 18.9 Å². The zero-order valence-corrected chi connectivity index (χ0v) is 10.6. The van der Waals surface area contributed by atoms with E-state index in [9.17, 15) is 0 Å². The number of hydrogen-bond donors (Lipinski definition) is 0. The van der Waals surface area contributed by atoms with Gasteiger partial charge in [0.15, 0.2) is 0 Å². The van der Waals surface area contributed by atoms with Gasteiger partial charge >= 0.3 is 6.01 Å². The molecule has 0 amide bonds. The van der Waals surface area contributed by atoms with Gasteiger partial charge in [-0.05, 0) is 25.7 Å². The van der Waals surface area contributed by atoms with E-state index in [1.54, 1.807) is 0 Å². The summed E-state index contributed by atoms with van der Waals surface area (Å²) < 4.78 is 5.49. The molecule has 0 bridgehead atoms. The summed E-state index contributed by atoms with van der Waals surface area (Å²) in [6.07, 6.45) is 5.34. The first-order valence-corrected chi connectivity index (χ1v) is 6.29. The van der Waals surface area contributed by atoms with Crippen LogP contribution in [0.25, 0.3) is 0 Å². The molecular weight excluding hydrogens is 226 g/mol. The smallest absolute Gasteiger partial charge is 0.317 e. The third-order valence-corrected chi connectivity index (χ3v) is 3.29. The number of hydrogen-bond acceptors (Lipinski definition) is 4. The van der Waals surface area contributed by atoms with E-state index in [4.69, 9.17) is 16.0 Å². The Balaban J connectivity index is 1.94. The summed E-state index contributed by atoms with van der Waals surface area (Å²) in [5.41, 5.74) is 0. The molecule has 1 aromatic heterocycles. The fourth-order valence-corrected chi connectivity index (χ4v) is 2.29. The zero-order valence-electron chi connectivity index (χ0n) is 9.82. The lowest BCUT2D eigenvalue weighted by Crippen LogP contribution is -2.24. The first-order chi connectivity index (χ1) is 7.66. The average molecular weight is 244 g/mol. The summed E-state index contributed by atoms with van der Waals surface area (Å²) in [6.45, 7) is 2.83. The highest BCUT2D eigenvalue weighted by Gasteiger charge is 2.20. The van der Waals surface area contributed by atoms with Gasteiger partial charge in [0.1, 0.15) is 5.38 Å². The summed E-state index contributed by atoms with van der Waals surface area (Å²) in [4.78, 5) is 2.03. The van der Waals surface area contributed by atoms with Crippen LogP contribution in [0.15, 0.2) is 4.42 Å². The fraction of sp³-hybridized carbons (Fsp3) is 0.818. The van der Waals surface area contributed by atoms with Gasteiger partial charge in [-0.15, -0.1) is 16.7 Å². The van der Waals surface area contributed by atoms with Gasteiger partial charge < -0.3 is 9.32 Å². The molecule has 1 aliphatic rings. The monoisotopic (exact) mass is 243 g/mol. The molecule has 1 atom stereocenters. The third kappa shape index (κ3) is 2.67. The molecule has 1 aromatic rings. The molecule has 0 spiro atoms. The number of halogens is 1. The van der Waals surface area contributed by atoms with Crippen LogP contribution >= 0.6 is 11.6 Å². The van der Waals surface area contributed by atoms with Crippen LogP contribution in [-0.4, -0.2) is 23.8 Å². The minimum absolute atomic E-state index is 0.221. The molecule has 1 aliphatic carbocycles. The summed E-state index contributed by atoms with van der Waals surface area (Å²) in [5, 5.41) is 7.70. The van der Waals surface area contributed by atoms with Crippen LogP contribution in [0.1, 0.15) is 43.9 Å². The second kappa shape index (κ2) is 5.04. The molecule has 5 heteroatoms. The fourth-order valence-electron chi connectivity index (χ4n) is 2.20. The van der Waals surface area contributed by atoms with Crippen molar-refractivity contribution in [3.63, 3.8) is 0 Å². The maximum Gasteiger partial charge on any atom is 0.317 e. The van der Waals surface area contributed by atoms with Crippen LogP contribution in [0.5, 0.6) is 0 Å². The van der Waals surface area contributed by atoms with Crippen molar-refractivity contribution in [2.24, 2.45) is 5.92 Å². The van der Waals surface area contributed by atoms with Gasteiger partial charge in [0.25, 0.3) is 0 Å². The molecule has 1 heterocycles. The van der Waals surface area contributed by atoms with E-state index in [1.165, 1.54) is 25.7 Å². The van der Waals surface area contributed by atoms with Crippen molar-refractivity contribution in [2.75, 3.05) is 18.5 Å². The predicted molar refractivity (Wildman–Crippen MR) is 63.8 cm³/mol. The largest absolute Gasteiger partial charge is 0.406 e. The van der Waals surface area contributed by atoms with Gasteiger partial charge in [0, 0.05) is 13.6 Å². The van der Waals surface area contributed by atoms with E-state index in [0.717, 1.165) is 12.5 Å². The second-order valence-electron chi connectivity index (χ2n) is 4.57. The molecule has 1 fully saturated rings. The Morgan fingerprint density at radius 1 is 1.44 bits per heavy atom. The Bertz CT molecular complexity index is 334. The van der Waals surface area contributed by atoms with Gasteiger partial charge in [-0.2, -0.15) is 0 Å². The SMILES string of the molecule is CC(Cl)c1nnc(N(C)CC2CCCC2)o1. The Morgan fingerprint density at radius 2 is 2.12 bits per heavy atom. The van der Waals surface area contributed by atoms with Gasteiger partial charge in [-0.1, -0.05) is 17.9 Å². The number of anilines is 1. The van der Waals surface area contributed by atoms with Crippen LogP contribution in [0, 0.1) is 5.92 Å². The maximum absolute atomic E-state index is 5.88. The van der Waals surface area contributed by atoms with Gasteiger partial charge in [0.05, 0.1) is 0 Å². The van der Waals surface area contributed by atoms with E-state index >= 15 is 0 Å². The second-order valence-corrected chi connectivity index (χ2v) is 5.22. The van der Waals surface area contributed by atoms with Crippen molar-refractivity contribution in [3.8, 4) is 0 Å². The zero-order chi connectivity index (χ0) is 11.5. The van der Waals surface area contributed by atoms with Crippen LogP contribution in [0.2, 0.25) is 0 Å². The molecule has 0 radical (unpaired) electrons. The van der Waals surface area contributed by atoms with Gasteiger partial charge in [-0.3, -0.25) is 0 Å². The topological polar surface area (TPSA) is 42.2 Å². The van der Waals surface area contributed by atoms with Crippen LogP contribution in [-0.2, 0) is 0 Å². The molecule has 0 N–H and O–H groups in total. The predicted octanol–water partition coefficient (Wildman–Crippen LogP) is 3.00. The summed E-state index contributed by atoms with van der Waals surface area (Å²) in [7, 11) is 1.99. The number of rotatable bonds is 4. The van der Waals surface area contributed by atoms with E-state index in [2.05, 4.69) is 10.2 Å². The summed E-state index contributed by atoms with van der Waals surface area (Å²) >= 11 is 5.88. The molecule has 0 aliphatic heterocycles. The van der Waals surface area contributed by atoms with Crippen molar-refractivity contribution in [2.45, 2.75) is 38.0 Å². The minimum atomic E-state index is -0.221. The van der Waals surface area contributed by atoms with Crippen LogP contribution < -0.4 is 4.90 Å². The molecule has 0 saturated heterocycles. The molecule has 2 rings (SSSR count). The van der Waals surface area contributed by atoms with Crippen LogP contribution in [0.3, 0.4) is 0 Å². The van der Waals surface area contributed by atoms with Crippen molar-refractivity contribution >= 4 is 17.6 Å². The number of nitrogens with zero attached hydrogens (tertiary/aromatic N) is 3. The van der Waals surface area contributed by atoms with Crippen molar-refractivity contribution in [1.82, 2.24) is 10.2 Å². The average Bonchev–Trinajstić information content (AvgIpc) is 2.86. The van der Waals surface area contributed by atoms with Crippen molar-refractivity contribution < 1.29 is 4.42 Å². The Labute approximate surface area is 101 Å². The molecule has 0 aromatic carbocycles. The standard InChI is InChI=1S/C11H18ClN3O/c1-8(12)10-13-14-11(16-10)15(2)7-9-5-3-4-6-9/h8-9H,3-7H2,1-2H3. The normalized spacial score (nSPS) is 18.9. The Morgan fingerprint density at radius 3 is 2.69 bits per heavy atom. The lowest BCUT2D eigenvalue weighted by atomic mass is 10.1. The lowest BCUT2D eigenvalue weighted by Gasteiger charge is -2.18. The lowest BCUT2D eigenvalue weighted by molar-refractivity contribution is 0.468. The molecular formula is C11H18ClN3O. The molecule has 4 nitrogen and oxygen atoms in total. The van der Waals surface area contributed by atoms with E-state index in [0.29, 0.717) is 11.9 Å². The maximum atomic E-state index is 5.88. The van der Waals surface area contributed by atoms with E-state index in [-0.39, 0.29) is 5.38 Å². The quantitative estimate of drug-likeness (QED) is 0.763. The van der Waals surface area contributed by atoms with Crippen molar-refractivity contribution in [1.29, 1.82) is 0 Å². The number of aromatic nitrogens is 2. The first kappa shape index (κ1) is 11.7. The van der Waals surface area contributed by atoms with Gasteiger partial charge in [0.2, 0.25) is 5.89 Å². The highest BCUT2D eigenvalue weighted by Crippen LogP contribution is 2.27. The molecule has 1 unspecified atom stereocenters. The molecule has 1 saturated carbocycles. The summed E-state index contributed by atoms with van der Waals surface area (Å²) in [6, 6.07) is 0.578. The van der Waals surface area contributed by atoms with Gasteiger partial charge in [-0.25, -0.2) is 0 Å². The first-order valence-electron chi connectivity index (χ1n) is 5.85.